The van der Waals surface area contributed by atoms with E-state index in [1.54, 1.807) is 18.2 Å². The second-order valence-corrected chi connectivity index (χ2v) is 7.57. The summed E-state index contributed by atoms with van der Waals surface area (Å²) in [6, 6.07) is 13.2. The third-order valence-electron chi connectivity index (χ3n) is 5.69. The number of aromatic hydroxyl groups is 1. The summed E-state index contributed by atoms with van der Waals surface area (Å²) in [5.74, 6) is 0.114. The lowest BCUT2D eigenvalue weighted by Crippen LogP contribution is -2.38. The monoisotopic (exact) mass is 377 g/mol. The first-order valence-corrected chi connectivity index (χ1v) is 9.46. The number of carbonyl (C=O) groups is 2. The van der Waals surface area contributed by atoms with E-state index in [9.17, 15) is 14.7 Å². The van der Waals surface area contributed by atoms with Crippen molar-refractivity contribution in [2.24, 2.45) is 0 Å². The van der Waals surface area contributed by atoms with Gasteiger partial charge in [0.25, 0.3) is 0 Å². The van der Waals surface area contributed by atoms with E-state index in [1.165, 1.54) is 12.7 Å². The summed E-state index contributed by atoms with van der Waals surface area (Å²) in [6.07, 6.45) is 1.29. The Bertz CT molecular complexity index is 975. The van der Waals surface area contributed by atoms with Crippen LogP contribution < -0.4 is 10.1 Å². The van der Waals surface area contributed by atoms with Crippen LogP contribution in [0.1, 0.15) is 47.8 Å². The first-order valence-electron chi connectivity index (χ1n) is 9.46. The highest BCUT2D eigenvalue weighted by Crippen LogP contribution is 2.43. The summed E-state index contributed by atoms with van der Waals surface area (Å²) in [7, 11) is 1.48. The molecule has 0 fully saturated rings. The average molecular weight is 377 g/mol. The van der Waals surface area contributed by atoms with E-state index >= 15 is 0 Å². The highest BCUT2D eigenvalue weighted by molar-refractivity contribution is 6.02. The lowest BCUT2D eigenvalue weighted by Gasteiger charge is -2.34. The zero-order valence-corrected chi connectivity index (χ0v) is 16.0. The van der Waals surface area contributed by atoms with Gasteiger partial charge in [0.2, 0.25) is 5.91 Å². The maximum absolute atomic E-state index is 13.1. The largest absolute Gasteiger partial charge is 0.504 e. The predicted molar refractivity (Wildman–Crippen MR) is 105 cm³/mol. The molecule has 1 heterocycles. The number of allylic oxidation sites excluding steroid dienone is 2. The van der Waals surface area contributed by atoms with Crippen molar-refractivity contribution in [2.45, 2.75) is 38.0 Å². The number of benzene rings is 2. The smallest absolute Gasteiger partial charge is 0.225 e. The number of carbonyl (C=O) groups excluding carboxylic acids is 2. The molecular weight excluding hydrogens is 354 g/mol. The Balaban J connectivity index is 1.71. The van der Waals surface area contributed by atoms with E-state index < -0.39 is 0 Å². The first-order chi connectivity index (χ1) is 13.5. The van der Waals surface area contributed by atoms with Gasteiger partial charge in [0.15, 0.2) is 17.3 Å². The van der Waals surface area contributed by atoms with Crippen LogP contribution in [0.5, 0.6) is 11.5 Å². The molecule has 28 heavy (non-hydrogen) atoms. The lowest BCUT2D eigenvalue weighted by molar-refractivity contribution is -0.122. The quantitative estimate of drug-likeness (QED) is 0.855. The van der Waals surface area contributed by atoms with E-state index in [2.05, 4.69) is 29.6 Å². The van der Waals surface area contributed by atoms with E-state index in [1.807, 2.05) is 6.92 Å². The van der Waals surface area contributed by atoms with Gasteiger partial charge in [0, 0.05) is 30.0 Å². The number of rotatable bonds is 3. The average Bonchev–Trinajstić information content (AvgIpc) is 2.68. The van der Waals surface area contributed by atoms with Gasteiger partial charge < -0.3 is 15.2 Å². The van der Waals surface area contributed by atoms with Crippen LogP contribution in [0.2, 0.25) is 0 Å². The lowest BCUT2D eigenvalue weighted by atomic mass is 9.73. The number of nitrogens with one attached hydrogen (secondary N) is 1. The van der Waals surface area contributed by atoms with Gasteiger partial charge in [0.1, 0.15) is 0 Å². The van der Waals surface area contributed by atoms with Crippen LogP contribution in [0.3, 0.4) is 0 Å². The topological polar surface area (TPSA) is 75.6 Å². The number of phenols is 1. The second kappa shape index (κ2) is 7.15. The van der Waals surface area contributed by atoms with Crippen LogP contribution in [0, 0.1) is 6.92 Å². The Morgan fingerprint density at radius 1 is 1.00 bits per heavy atom. The molecule has 5 nitrogen and oxygen atoms in total. The van der Waals surface area contributed by atoms with Crippen molar-refractivity contribution in [3.8, 4) is 11.5 Å². The number of phenolic OH excluding ortho intramolecular Hbond substituents is 1. The summed E-state index contributed by atoms with van der Waals surface area (Å²) >= 11 is 0. The molecule has 2 N–H and O–H groups in total. The molecular formula is C23H23NO4. The Morgan fingerprint density at radius 3 is 2.43 bits per heavy atom. The predicted octanol–water partition coefficient (Wildman–Crippen LogP) is 3.71. The third kappa shape index (κ3) is 3.28. The maximum Gasteiger partial charge on any atom is 0.225 e. The molecule has 4 rings (SSSR count). The van der Waals surface area contributed by atoms with Crippen molar-refractivity contribution < 1.29 is 19.4 Å². The number of hydrogen-bond acceptors (Lipinski definition) is 4. The van der Waals surface area contributed by atoms with E-state index in [0.29, 0.717) is 24.2 Å². The van der Waals surface area contributed by atoms with Gasteiger partial charge in [-0.3, -0.25) is 9.59 Å². The first kappa shape index (κ1) is 18.3. The van der Waals surface area contributed by atoms with Crippen molar-refractivity contribution in [1.82, 2.24) is 5.32 Å². The fourth-order valence-corrected chi connectivity index (χ4v) is 4.23. The summed E-state index contributed by atoms with van der Waals surface area (Å²) < 4.78 is 5.20. The summed E-state index contributed by atoms with van der Waals surface area (Å²) in [5, 5.41) is 12.8. The molecule has 0 spiro atoms. The molecule has 144 valence electrons. The van der Waals surface area contributed by atoms with Gasteiger partial charge in [-0.25, -0.2) is 0 Å². The van der Waals surface area contributed by atoms with Gasteiger partial charge in [-0.15, -0.1) is 0 Å². The standard InChI is InChI=1S/C23H23NO4/c1-13-3-5-14(6-4-13)16-9-18-23(20(26)10-16)17(12-22(27)24-18)15-7-8-19(25)21(11-15)28-2/h3-8,11,16-17,25H,9-10,12H2,1-2H3,(H,24,27)/t16-,17+/m0/s1. The van der Waals surface area contributed by atoms with Crippen LogP contribution in [0.4, 0.5) is 0 Å². The third-order valence-corrected chi connectivity index (χ3v) is 5.69. The summed E-state index contributed by atoms with van der Waals surface area (Å²) in [4.78, 5) is 25.5. The fraction of sp³-hybridized carbons (Fsp3) is 0.304. The molecule has 0 saturated carbocycles. The van der Waals surface area contributed by atoms with Gasteiger partial charge in [-0.05, 0) is 42.5 Å². The molecule has 0 radical (unpaired) electrons. The van der Waals surface area contributed by atoms with E-state index in [0.717, 1.165) is 16.8 Å². The number of ketones is 1. The van der Waals surface area contributed by atoms with Crippen molar-refractivity contribution >= 4 is 11.7 Å². The molecule has 0 saturated heterocycles. The number of hydrogen-bond donors (Lipinski definition) is 2. The van der Waals surface area contributed by atoms with Gasteiger partial charge >= 0.3 is 0 Å². The fourth-order valence-electron chi connectivity index (χ4n) is 4.23. The Kier molecular flexibility index (Phi) is 4.67. The van der Waals surface area contributed by atoms with Crippen molar-refractivity contribution in [3.05, 3.63) is 70.4 Å². The van der Waals surface area contributed by atoms with E-state index in [4.69, 9.17) is 4.74 Å². The van der Waals surface area contributed by atoms with Crippen LogP contribution in [-0.2, 0) is 9.59 Å². The molecule has 1 aliphatic heterocycles. The molecule has 2 aliphatic rings. The Hall–Kier alpha value is -3.08. The van der Waals surface area contributed by atoms with Crippen molar-refractivity contribution in [2.75, 3.05) is 7.11 Å². The molecule has 0 unspecified atom stereocenters. The zero-order valence-electron chi connectivity index (χ0n) is 16.0. The molecule has 0 aromatic heterocycles. The minimum absolute atomic E-state index is 0.0371. The maximum atomic E-state index is 13.1. The number of amides is 1. The van der Waals surface area contributed by atoms with Crippen molar-refractivity contribution in [3.63, 3.8) is 0 Å². The molecule has 2 aromatic rings. The zero-order chi connectivity index (χ0) is 19.8. The van der Waals surface area contributed by atoms with Gasteiger partial charge in [0.05, 0.1) is 7.11 Å². The van der Waals surface area contributed by atoms with Crippen LogP contribution in [0.15, 0.2) is 53.7 Å². The molecule has 0 bridgehead atoms. The molecule has 1 amide bonds. The molecule has 1 aliphatic carbocycles. The number of ether oxygens (including phenoxy) is 1. The van der Waals surface area contributed by atoms with Crippen LogP contribution >= 0.6 is 0 Å². The highest BCUT2D eigenvalue weighted by atomic mass is 16.5. The minimum Gasteiger partial charge on any atom is -0.504 e. The van der Waals surface area contributed by atoms with Gasteiger partial charge in [-0.1, -0.05) is 35.9 Å². The molecule has 5 heteroatoms. The number of aryl methyl sites for hydroxylation is 1. The van der Waals surface area contributed by atoms with Crippen LogP contribution in [0.25, 0.3) is 0 Å². The Labute approximate surface area is 164 Å². The number of methoxy groups -OCH3 is 1. The van der Waals surface area contributed by atoms with Crippen molar-refractivity contribution in [1.29, 1.82) is 0 Å². The number of Topliss-reactive ketones (excluding diaryl/α,β-unsaturated/α-hetero) is 1. The van der Waals surface area contributed by atoms with Gasteiger partial charge in [-0.2, -0.15) is 0 Å². The molecule has 2 aromatic carbocycles. The van der Waals surface area contributed by atoms with E-state index in [-0.39, 0.29) is 35.7 Å². The summed E-state index contributed by atoms with van der Waals surface area (Å²) in [5.41, 5.74) is 4.52. The highest BCUT2D eigenvalue weighted by Gasteiger charge is 2.38. The second-order valence-electron chi connectivity index (χ2n) is 7.57. The summed E-state index contributed by atoms with van der Waals surface area (Å²) in [6.45, 7) is 2.04. The normalized spacial score (nSPS) is 21.9. The Morgan fingerprint density at radius 2 is 1.71 bits per heavy atom. The minimum atomic E-state index is -0.315. The SMILES string of the molecule is COc1cc([C@H]2CC(=O)NC3=C2C(=O)C[C@@H](c2ccc(C)cc2)C3)ccc1O. The molecule has 2 atom stereocenters. The van der Waals surface area contributed by atoms with Crippen LogP contribution in [-0.4, -0.2) is 23.9 Å².